The summed E-state index contributed by atoms with van der Waals surface area (Å²) >= 11 is 5.95. The van der Waals surface area contributed by atoms with E-state index in [2.05, 4.69) is 27.8 Å². The van der Waals surface area contributed by atoms with Gasteiger partial charge in [-0.05, 0) is 24.3 Å². The SMILES string of the molecule is Clc1ccc2c(ccn2CCN2CC2)c1. The van der Waals surface area contributed by atoms with Crippen molar-refractivity contribution in [2.24, 2.45) is 0 Å². The molecular weight excluding hydrogens is 208 g/mol. The Morgan fingerprint density at radius 1 is 1.13 bits per heavy atom. The van der Waals surface area contributed by atoms with Gasteiger partial charge in [-0.1, -0.05) is 11.6 Å². The van der Waals surface area contributed by atoms with E-state index in [1.54, 1.807) is 0 Å². The standard InChI is InChI=1S/C12H13ClN2/c13-11-1-2-12-10(9-11)3-4-15(12)8-7-14-5-6-14/h1-4,9H,5-8H2. The second kappa shape index (κ2) is 3.54. The topological polar surface area (TPSA) is 7.94 Å². The molecule has 2 heterocycles. The summed E-state index contributed by atoms with van der Waals surface area (Å²) in [6.45, 7) is 4.77. The first-order valence-corrected chi connectivity index (χ1v) is 5.67. The fourth-order valence-corrected chi connectivity index (χ4v) is 2.09. The highest BCUT2D eigenvalue weighted by molar-refractivity contribution is 6.31. The van der Waals surface area contributed by atoms with E-state index in [0.717, 1.165) is 18.1 Å². The highest BCUT2D eigenvalue weighted by atomic mass is 35.5. The van der Waals surface area contributed by atoms with Gasteiger partial charge in [0, 0.05) is 48.3 Å². The Hall–Kier alpha value is -0.990. The molecule has 0 saturated carbocycles. The molecule has 2 aromatic rings. The van der Waals surface area contributed by atoms with E-state index < -0.39 is 0 Å². The molecule has 0 aliphatic carbocycles. The van der Waals surface area contributed by atoms with Gasteiger partial charge >= 0.3 is 0 Å². The maximum absolute atomic E-state index is 5.95. The molecule has 15 heavy (non-hydrogen) atoms. The summed E-state index contributed by atoms with van der Waals surface area (Å²) in [5.41, 5.74) is 1.28. The van der Waals surface area contributed by atoms with Gasteiger partial charge in [-0.3, -0.25) is 4.90 Å². The van der Waals surface area contributed by atoms with E-state index in [1.165, 1.54) is 24.0 Å². The first-order chi connectivity index (χ1) is 7.33. The fraction of sp³-hybridized carbons (Fsp3) is 0.333. The van der Waals surface area contributed by atoms with Gasteiger partial charge in [-0.25, -0.2) is 0 Å². The van der Waals surface area contributed by atoms with Gasteiger partial charge in [0.25, 0.3) is 0 Å². The van der Waals surface area contributed by atoms with Crippen molar-refractivity contribution in [3.63, 3.8) is 0 Å². The van der Waals surface area contributed by atoms with E-state index in [1.807, 2.05) is 12.1 Å². The maximum atomic E-state index is 5.95. The number of rotatable bonds is 3. The van der Waals surface area contributed by atoms with E-state index in [9.17, 15) is 0 Å². The number of hydrogen-bond acceptors (Lipinski definition) is 1. The summed E-state index contributed by atoms with van der Waals surface area (Å²) in [7, 11) is 0. The molecular formula is C12H13ClN2. The van der Waals surface area contributed by atoms with Gasteiger partial charge in [0.15, 0.2) is 0 Å². The zero-order valence-electron chi connectivity index (χ0n) is 8.49. The van der Waals surface area contributed by atoms with Crippen molar-refractivity contribution in [3.05, 3.63) is 35.5 Å². The Bertz CT molecular complexity index is 485. The molecule has 1 saturated heterocycles. The van der Waals surface area contributed by atoms with Gasteiger partial charge < -0.3 is 4.57 Å². The molecule has 3 heteroatoms. The molecule has 1 aromatic heterocycles. The summed E-state index contributed by atoms with van der Waals surface area (Å²) in [6, 6.07) is 8.20. The quantitative estimate of drug-likeness (QED) is 0.722. The van der Waals surface area contributed by atoms with Crippen LogP contribution in [0.15, 0.2) is 30.5 Å². The predicted molar refractivity (Wildman–Crippen MR) is 63.4 cm³/mol. The van der Waals surface area contributed by atoms with Gasteiger partial charge in [0.1, 0.15) is 0 Å². The Labute approximate surface area is 94.0 Å². The second-order valence-corrected chi connectivity index (χ2v) is 4.49. The molecule has 1 fully saturated rings. The third kappa shape index (κ3) is 1.87. The average Bonchev–Trinajstić information content (AvgIpc) is 2.97. The second-order valence-electron chi connectivity index (χ2n) is 4.05. The number of halogens is 1. The molecule has 0 atom stereocenters. The number of nitrogens with zero attached hydrogens (tertiary/aromatic N) is 2. The number of benzene rings is 1. The normalized spacial score (nSPS) is 16.1. The van der Waals surface area contributed by atoms with Crippen LogP contribution in [0.3, 0.4) is 0 Å². The molecule has 0 radical (unpaired) electrons. The highest BCUT2D eigenvalue weighted by Crippen LogP contribution is 2.20. The summed E-state index contributed by atoms with van der Waals surface area (Å²) < 4.78 is 2.30. The van der Waals surface area contributed by atoms with Crippen LogP contribution < -0.4 is 0 Å². The largest absolute Gasteiger partial charge is 0.346 e. The van der Waals surface area contributed by atoms with Crippen molar-refractivity contribution in [1.29, 1.82) is 0 Å². The Balaban J connectivity index is 1.89. The number of fused-ring (bicyclic) bond motifs is 1. The molecule has 78 valence electrons. The predicted octanol–water partition coefficient (Wildman–Crippen LogP) is 2.61. The highest BCUT2D eigenvalue weighted by Gasteiger charge is 2.16. The molecule has 1 aromatic carbocycles. The average molecular weight is 221 g/mol. The van der Waals surface area contributed by atoms with Crippen LogP contribution in [0.2, 0.25) is 5.02 Å². The molecule has 1 aliphatic heterocycles. The van der Waals surface area contributed by atoms with Gasteiger partial charge in [-0.15, -0.1) is 0 Å². The van der Waals surface area contributed by atoms with E-state index in [-0.39, 0.29) is 0 Å². The van der Waals surface area contributed by atoms with Crippen LogP contribution in [0, 0.1) is 0 Å². The summed E-state index contributed by atoms with van der Waals surface area (Å²) in [5.74, 6) is 0. The fourth-order valence-electron chi connectivity index (χ4n) is 1.91. The zero-order valence-corrected chi connectivity index (χ0v) is 9.24. The van der Waals surface area contributed by atoms with Gasteiger partial charge in [0.05, 0.1) is 0 Å². The third-order valence-electron chi connectivity index (χ3n) is 2.93. The van der Waals surface area contributed by atoms with Crippen LogP contribution in [0.25, 0.3) is 10.9 Å². The minimum Gasteiger partial charge on any atom is -0.346 e. The van der Waals surface area contributed by atoms with Crippen molar-refractivity contribution in [2.75, 3.05) is 19.6 Å². The summed E-state index contributed by atoms with van der Waals surface area (Å²) in [4.78, 5) is 2.43. The van der Waals surface area contributed by atoms with Crippen LogP contribution in [0.1, 0.15) is 0 Å². The molecule has 0 unspecified atom stereocenters. The maximum Gasteiger partial charge on any atom is 0.0481 e. The lowest BCUT2D eigenvalue weighted by atomic mass is 10.2. The van der Waals surface area contributed by atoms with Crippen LogP contribution in [-0.2, 0) is 6.54 Å². The lowest BCUT2D eigenvalue weighted by Crippen LogP contribution is -2.08. The zero-order chi connectivity index (χ0) is 10.3. The molecule has 0 bridgehead atoms. The Morgan fingerprint density at radius 3 is 2.80 bits per heavy atom. The van der Waals surface area contributed by atoms with E-state index in [4.69, 9.17) is 11.6 Å². The van der Waals surface area contributed by atoms with Crippen molar-refractivity contribution in [1.82, 2.24) is 9.47 Å². The Morgan fingerprint density at radius 2 is 2.00 bits per heavy atom. The first kappa shape index (κ1) is 9.25. The monoisotopic (exact) mass is 220 g/mol. The third-order valence-corrected chi connectivity index (χ3v) is 3.17. The van der Waals surface area contributed by atoms with Crippen LogP contribution in [0.4, 0.5) is 0 Å². The van der Waals surface area contributed by atoms with Crippen LogP contribution in [0.5, 0.6) is 0 Å². The van der Waals surface area contributed by atoms with Crippen molar-refractivity contribution < 1.29 is 0 Å². The van der Waals surface area contributed by atoms with Crippen LogP contribution >= 0.6 is 11.6 Å². The van der Waals surface area contributed by atoms with Crippen molar-refractivity contribution >= 4 is 22.5 Å². The van der Waals surface area contributed by atoms with Crippen molar-refractivity contribution in [3.8, 4) is 0 Å². The van der Waals surface area contributed by atoms with Gasteiger partial charge in [0.2, 0.25) is 0 Å². The lowest BCUT2D eigenvalue weighted by Gasteiger charge is -2.05. The number of hydrogen-bond donors (Lipinski definition) is 0. The minimum atomic E-state index is 0.811. The number of aromatic nitrogens is 1. The first-order valence-electron chi connectivity index (χ1n) is 5.30. The minimum absolute atomic E-state index is 0.811. The molecule has 0 N–H and O–H groups in total. The van der Waals surface area contributed by atoms with Gasteiger partial charge in [-0.2, -0.15) is 0 Å². The van der Waals surface area contributed by atoms with E-state index in [0.29, 0.717) is 0 Å². The van der Waals surface area contributed by atoms with Crippen LogP contribution in [-0.4, -0.2) is 29.1 Å². The molecule has 2 nitrogen and oxygen atoms in total. The molecule has 0 amide bonds. The molecule has 3 rings (SSSR count). The smallest absolute Gasteiger partial charge is 0.0481 e. The molecule has 0 spiro atoms. The summed E-state index contributed by atoms with van der Waals surface area (Å²) in [6.07, 6.45) is 2.14. The summed E-state index contributed by atoms with van der Waals surface area (Å²) in [5, 5.41) is 2.04. The van der Waals surface area contributed by atoms with Crippen molar-refractivity contribution in [2.45, 2.75) is 6.54 Å². The van der Waals surface area contributed by atoms with E-state index >= 15 is 0 Å². The Kier molecular flexibility index (Phi) is 2.19. The molecule has 1 aliphatic rings. The lowest BCUT2D eigenvalue weighted by molar-refractivity contribution is 0.508.